The molecule has 1 unspecified atom stereocenters. The molecule has 0 aliphatic heterocycles. The number of rotatable bonds is 5. The Morgan fingerprint density at radius 2 is 2.17 bits per heavy atom. The number of aromatic nitrogens is 1. The lowest BCUT2D eigenvalue weighted by atomic mass is 10.2. The van der Waals surface area contributed by atoms with Crippen molar-refractivity contribution in [3.63, 3.8) is 0 Å². The summed E-state index contributed by atoms with van der Waals surface area (Å²) in [6.07, 6.45) is 1.46. The smallest absolute Gasteiger partial charge is 0.327 e. The van der Waals surface area contributed by atoms with Gasteiger partial charge in [-0.3, -0.25) is 10.1 Å². The number of carbonyl (C=O) groups is 1. The molecular formula is C12H11ClN2O2S. The summed E-state index contributed by atoms with van der Waals surface area (Å²) in [4.78, 5) is 15.2. The van der Waals surface area contributed by atoms with Gasteiger partial charge in [0.2, 0.25) is 0 Å². The summed E-state index contributed by atoms with van der Waals surface area (Å²) < 4.78 is 0.484. The average Bonchev–Trinajstić information content (AvgIpc) is 2.77. The van der Waals surface area contributed by atoms with E-state index in [9.17, 15) is 9.90 Å². The second-order valence-electron chi connectivity index (χ2n) is 3.64. The summed E-state index contributed by atoms with van der Waals surface area (Å²) in [6.45, 7) is 0.467. The van der Waals surface area contributed by atoms with Crippen molar-refractivity contribution in [2.45, 2.75) is 12.6 Å². The van der Waals surface area contributed by atoms with E-state index >= 15 is 0 Å². The van der Waals surface area contributed by atoms with Crippen molar-refractivity contribution in [1.29, 1.82) is 0 Å². The first-order chi connectivity index (χ1) is 8.66. The van der Waals surface area contributed by atoms with Gasteiger partial charge in [0.05, 0.1) is 6.20 Å². The van der Waals surface area contributed by atoms with E-state index in [4.69, 9.17) is 11.6 Å². The third-order valence-corrected chi connectivity index (χ3v) is 3.52. The highest BCUT2D eigenvalue weighted by Gasteiger charge is 2.22. The van der Waals surface area contributed by atoms with Crippen LogP contribution in [0.1, 0.15) is 16.6 Å². The average molecular weight is 283 g/mol. The standard InChI is InChI=1S/C12H11ClN2O2S/c13-9-7-15-11(18-9)10(12(16)17)14-6-8-4-2-1-3-5-8/h1-5,7,10,14H,6H2,(H,16,17). The molecule has 0 radical (unpaired) electrons. The van der Waals surface area contributed by atoms with Crippen LogP contribution in [0.4, 0.5) is 0 Å². The zero-order chi connectivity index (χ0) is 13.0. The quantitative estimate of drug-likeness (QED) is 0.885. The number of carboxylic acid groups (broad SMARTS) is 1. The van der Waals surface area contributed by atoms with Crippen LogP contribution in [-0.4, -0.2) is 16.1 Å². The van der Waals surface area contributed by atoms with Gasteiger partial charge in [-0.2, -0.15) is 0 Å². The topological polar surface area (TPSA) is 62.2 Å². The van der Waals surface area contributed by atoms with Crippen molar-refractivity contribution in [1.82, 2.24) is 10.3 Å². The number of nitrogens with one attached hydrogen (secondary N) is 1. The van der Waals surface area contributed by atoms with Crippen molar-refractivity contribution < 1.29 is 9.90 Å². The number of carboxylic acids is 1. The molecule has 0 spiro atoms. The molecule has 0 amide bonds. The molecule has 94 valence electrons. The maximum absolute atomic E-state index is 11.2. The first-order valence-electron chi connectivity index (χ1n) is 5.28. The second kappa shape index (κ2) is 5.95. The van der Waals surface area contributed by atoms with E-state index in [-0.39, 0.29) is 0 Å². The van der Waals surface area contributed by atoms with Crippen molar-refractivity contribution >= 4 is 28.9 Å². The van der Waals surface area contributed by atoms with Crippen LogP contribution in [-0.2, 0) is 11.3 Å². The minimum atomic E-state index is -0.961. The number of thiazole rings is 1. The van der Waals surface area contributed by atoms with E-state index in [0.29, 0.717) is 15.9 Å². The van der Waals surface area contributed by atoms with E-state index in [1.165, 1.54) is 17.5 Å². The van der Waals surface area contributed by atoms with Gasteiger partial charge >= 0.3 is 5.97 Å². The van der Waals surface area contributed by atoms with Gasteiger partial charge in [-0.05, 0) is 5.56 Å². The molecule has 1 heterocycles. The van der Waals surface area contributed by atoms with Crippen LogP contribution in [0.25, 0.3) is 0 Å². The van der Waals surface area contributed by atoms with Crippen LogP contribution >= 0.6 is 22.9 Å². The zero-order valence-corrected chi connectivity index (χ0v) is 10.9. The molecule has 18 heavy (non-hydrogen) atoms. The first kappa shape index (κ1) is 13.0. The van der Waals surface area contributed by atoms with E-state index < -0.39 is 12.0 Å². The molecule has 4 nitrogen and oxygen atoms in total. The Labute approximate surface area is 113 Å². The van der Waals surface area contributed by atoms with Crippen LogP contribution in [0.15, 0.2) is 36.5 Å². The molecule has 1 aromatic carbocycles. The van der Waals surface area contributed by atoms with Crippen molar-refractivity contribution in [2.75, 3.05) is 0 Å². The summed E-state index contributed by atoms with van der Waals surface area (Å²) in [5.41, 5.74) is 1.02. The summed E-state index contributed by atoms with van der Waals surface area (Å²) in [5.74, 6) is -0.961. The predicted molar refractivity (Wildman–Crippen MR) is 70.8 cm³/mol. The predicted octanol–water partition coefficient (Wildman–Crippen LogP) is 2.71. The lowest BCUT2D eigenvalue weighted by Gasteiger charge is -2.11. The molecule has 0 aliphatic carbocycles. The summed E-state index contributed by atoms with van der Waals surface area (Å²) in [6, 6.07) is 8.77. The third-order valence-electron chi connectivity index (χ3n) is 2.34. The highest BCUT2D eigenvalue weighted by atomic mass is 35.5. The van der Waals surface area contributed by atoms with Gasteiger partial charge in [0.15, 0.2) is 6.04 Å². The van der Waals surface area contributed by atoms with Gasteiger partial charge in [-0.1, -0.05) is 41.9 Å². The van der Waals surface area contributed by atoms with Crippen molar-refractivity contribution in [3.05, 3.63) is 51.4 Å². The molecule has 2 rings (SSSR count). The van der Waals surface area contributed by atoms with E-state index in [1.807, 2.05) is 30.3 Å². The van der Waals surface area contributed by atoms with Gasteiger partial charge < -0.3 is 5.11 Å². The molecule has 2 N–H and O–H groups in total. The van der Waals surface area contributed by atoms with Gasteiger partial charge in [0.1, 0.15) is 9.34 Å². The fraction of sp³-hybridized carbons (Fsp3) is 0.167. The van der Waals surface area contributed by atoms with Gasteiger partial charge in [-0.15, -0.1) is 11.3 Å². The SMILES string of the molecule is O=C(O)C(NCc1ccccc1)c1ncc(Cl)s1. The van der Waals surface area contributed by atoms with Crippen molar-refractivity contribution in [2.24, 2.45) is 0 Å². The maximum atomic E-state index is 11.2. The molecule has 0 saturated heterocycles. The molecule has 0 bridgehead atoms. The van der Waals surface area contributed by atoms with Crippen molar-refractivity contribution in [3.8, 4) is 0 Å². The summed E-state index contributed by atoms with van der Waals surface area (Å²) in [5, 5.41) is 12.6. The molecule has 0 fully saturated rings. The minimum Gasteiger partial charge on any atom is -0.480 e. The first-order valence-corrected chi connectivity index (χ1v) is 6.47. The van der Waals surface area contributed by atoms with E-state index in [2.05, 4.69) is 10.3 Å². The van der Waals surface area contributed by atoms with Gasteiger partial charge in [-0.25, -0.2) is 4.98 Å². The molecule has 0 aliphatic rings. The zero-order valence-electron chi connectivity index (χ0n) is 9.34. The van der Waals surface area contributed by atoms with Crippen LogP contribution in [0.5, 0.6) is 0 Å². The van der Waals surface area contributed by atoms with E-state index in [1.54, 1.807) is 0 Å². The fourth-order valence-electron chi connectivity index (χ4n) is 1.50. The number of aliphatic carboxylic acids is 1. The lowest BCUT2D eigenvalue weighted by Crippen LogP contribution is -2.27. The van der Waals surface area contributed by atoms with Crippen LogP contribution in [0.2, 0.25) is 4.34 Å². The number of benzene rings is 1. The Hall–Kier alpha value is -1.43. The molecule has 2 aromatic rings. The lowest BCUT2D eigenvalue weighted by molar-refractivity contribution is -0.139. The molecule has 1 atom stereocenters. The number of hydrogen-bond acceptors (Lipinski definition) is 4. The largest absolute Gasteiger partial charge is 0.480 e. The van der Waals surface area contributed by atoms with Gasteiger partial charge in [0.25, 0.3) is 0 Å². The normalized spacial score (nSPS) is 12.3. The van der Waals surface area contributed by atoms with Crippen LogP contribution < -0.4 is 5.32 Å². The maximum Gasteiger partial charge on any atom is 0.327 e. The van der Waals surface area contributed by atoms with Crippen LogP contribution in [0, 0.1) is 0 Å². The second-order valence-corrected chi connectivity index (χ2v) is 5.33. The molecular weight excluding hydrogens is 272 g/mol. The Bertz CT molecular complexity index is 530. The number of halogens is 1. The highest BCUT2D eigenvalue weighted by Crippen LogP contribution is 2.24. The molecule has 0 saturated carbocycles. The minimum absolute atomic E-state index is 0.462. The fourth-order valence-corrected chi connectivity index (χ4v) is 2.50. The highest BCUT2D eigenvalue weighted by molar-refractivity contribution is 7.16. The van der Waals surface area contributed by atoms with E-state index in [0.717, 1.165) is 5.56 Å². The Balaban J connectivity index is 2.06. The molecule has 1 aromatic heterocycles. The molecule has 6 heteroatoms. The van der Waals surface area contributed by atoms with Crippen LogP contribution in [0.3, 0.4) is 0 Å². The third kappa shape index (κ3) is 3.29. The monoisotopic (exact) mass is 282 g/mol. The Morgan fingerprint density at radius 3 is 2.72 bits per heavy atom. The number of nitrogens with zero attached hydrogens (tertiary/aromatic N) is 1. The number of hydrogen-bond donors (Lipinski definition) is 2. The van der Waals surface area contributed by atoms with Gasteiger partial charge in [0, 0.05) is 6.54 Å². The summed E-state index contributed by atoms with van der Waals surface area (Å²) in [7, 11) is 0. The Kier molecular flexibility index (Phi) is 4.30. The Morgan fingerprint density at radius 1 is 1.44 bits per heavy atom. The summed E-state index contributed by atoms with van der Waals surface area (Å²) >= 11 is 6.93.